The Kier molecular flexibility index (Phi) is 9.63. The number of rotatable bonds is 5. The minimum atomic E-state index is 0. The van der Waals surface area contributed by atoms with Crippen molar-refractivity contribution in [3.8, 4) is 0 Å². The first-order valence-corrected chi connectivity index (χ1v) is 10.5. The minimum absolute atomic E-state index is 0. The molecule has 0 radical (unpaired) electrons. The first-order chi connectivity index (χ1) is 13.7. The van der Waals surface area contributed by atoms with Gasteiger partial charge in [-0.05, 0) is 49.5 Å². The Labute approximate surface area is 192 Å². The molecular formula is C24H33Cl2N3O. The molecule has 2 heterocycles. The van der Waals surface area contributed by atoms with Gasteiger partial charge in [-0.15, -0.1) is 24.8 Å². The van der Waals surface area contributed by atoms with Gasteiger partial charge >= 0.3 is 0 Å². The molecule has 0 saturated carbocycles. The second kappa shape index (κ2) is 11.7. The van der Waals surface area contributed by atoms with E-state index in [0.717, 1.165) is 45.6 Å². The van der Waals surface area contributed by atoms with E-state index in [4.69, 9.17) is 5.73 Å². The summed E-state index contributed by atoms with van der Waals surface area (Å²) >= 11 is 0. The zero-order valence-electron chi connectivity index (χ0n) is 17.4. The molecule has 2 saturated heterocycles. The van der Waals surface area contributed by atoms with Crippen molar-refractivity contribution in [2.45, 2.75) is 25.3 Å². The summed E-state index contributed by atoms with van der Waals surface area (Å²) in [5, 5.41) is 0. The molecule has 4 rings (SSSR count). The van der Waals surface area contributed by atoms with Gasteiger partial charge in [-0.25, -0.2) is 0 Å². The third-order valence-electron chi connectivity index (χ3n) is 6.47. The maximum atomic E-state index is 13.2. The highest BCUT2D eigenvalue weighted by molar-refractivity contribution is 5.85. The monoisotopic (exact) mass is 449 g/mol. The highest BCUT2D eigenvalue weighted by atomic mass is 35.5. The van der Waals surface area contributed by atoms with Crippen molar-refractivity contribution in [1.29, 1.82) is 0 Å². The number of amides is 1. The molecule has 0 unspecified atom stereocenters. The Morgan fingerprint density at radius 3 is 2.10 bits per heavy atom. The van der Waals surface area contributed by atoms with Gasteiger partial charge in [0, 0.05) is 31.5 Å². The molecule has 4 nitrogen and oxygen atoms in total. The lowest BCUT2D eigenvalue weighted by atomic mass is 9.89. The molecule has 2 fully saturated rings. The van der Waals surface area contributed by atoms with Gasteiger partial charge in [-0.2, -0.15) is 0 Å². The van der Waals surface area contributed by atoms with Crippen LogP contribution in [0.2, 0.25) is 0 Å². The fraction of sp³-hybridized carbons (Fsp3) is 0.458. The largest absolute Gasteiger partial charge is 0.341 e. The molecule has 0 spiro atoms. The van der Waals surface area contributed by atoms with Crippen LogP contribution in [0.1, 0.15) is 29.9 Å². The van der Waals surface area contributed by atoms with Crippen LogP contribution >= 0.6 is 24.8 Å². The summed E-state index contributed by atoms with van der Waals surface area (Å²) in [6.07, 6.45) is 1.93. The smallest absolute Gasteiger partial charge is 0.225 e. The molecule has 30 heavy (non-hydrogen) atoms. The summed E-state index contributed by atoms with van der Waals surface area (Å²) < 4.78 is 0. The van der Waals surface area contributed by atoms with Gasteiger partial charge in [0.25, 0.3) is 0 Å². The van der Waals surface area contributed by atoms with Crippen LogP contribution in [-0.2, 0) is 11.3 Å². The standard InChI is InChI=1S/C24H31N3O.2ClH/c25-15-22-17-27(18-23(22)20-9-5-2-6-10-20)24(28)21-11-13-26(14-12-21)16-19-7-3-1-4-8-19;;/h1-10,21-23H,11-18,25H2;2*1H/t22-,23+;;/m1../s1. The van der Waals surface area contributed by atoms with E-state index in [2.05, 4.69) is 64.4 Å². The summed E-state index contributed by atoms with van der Waals surface area (Å²) in [6.45, 7) is 5.24. The first-order valence-electron chi connectivity index (χ1n) is 10.5. The Balaban J connectivity index is 0.00000160. The lowest BCUT2D eigenvalue weighted by Gasteiger charge is -2.33. The van der Waals surface area contributed by atoms with E-state index >= 15 is 0 Å². The van der Waals surface area contributed by atoms with E-state index in [9.17, 15) is 4.79 Å². The normalized spacial score (nSPS) is 22.2. The van der Waals surface area contributed by atoms with Crippen LogP contribution in [0.15, 0.2) is 60.7 Å². The molecule has 2 aromatic carbocycles. The van der Waals surface area contributed by atoms with Gasteiger partial charge in [0.1, 0.15) is 0 Å². The average molecular weight is 450 g/mol. The number of likely N-dealkylation sites (tertiary alicyclic amines) is 2. The Morgan fingerprint density at radius 2 is 1.50 bits per heavy atom. The SMILES string of the molecule is Cl.Cl.NC[C@@H]1CN(C(=O)C2CCN(Cc3ccccc3)CC2)C[C@H]1c1ccccc1. The number of nitrogens with zero attached hydrogens (tertiary/aromatic N) is 2. The van der Waals surface area contributed by atoms with Crippen LogP contribution in [-0.4, -0.2) is 48.4 Å². The summed E-state index contributed by atoms with van der Waals surface area (Å²) in [7, 11) is 0. The summed E-state index contributed by atoms with van der Waals surface area (Å²) in [4.78, 5) is 17.7. The summed E-state index contributed by atoms with van der Waals surface area (Å²) in [6, 6.07) is 21.1. The highest BCUT2D eigenvalue weighted by Gasteiger charge is 2.38. The predicted molar refractivity (Wildman–Crippen MR) is 127 cm³/mol. The van der Waals surface area contributed by atoms with Crippen LogP contribution < -0.4 is 5.73 Å². The zero-order valence-corrected chi connectivity index (χ0v) is 19.0. The third kappa shape index (κ3) is 5.76. The Bertz CT molecular complexity index is 767. The molecular weight excluding hydrogens is 417 g/mol. The van der Waals surface area contributed by atoms with Crippen LogP contribution in [0.25, 0.3) is 0 Å². The van der Waals surface area contributed by atoms with Gasteiger partial charge in [-0.3, -0.25) is 9.69 Å². The second-order valence-electron chi connectivity index (χ2n) is 8.29. The quantitative estimate of drug-likeness (QED) is 0.751. The van der Waals surface area contributed by atoms with Gasteiger partial charge in [-0.1, -0.05) is 60.7 Å². The number of carbonyl (C=O) groups is 1. The van der Waals surface area contributed by atoms with Crippen molar-refractivity contribution in [1.82, 2.24) is 9.80 Å². The molecule has 2 aromatic rings. The number of hydrogen-bond donors (Lipinski definition) is 1. The Hall–Kier alpha value is -1.59. The number of piperidine rings is 1. The molecule has 2 N–H and O–H groups in total. The summed E-state index contributed by atoms with van der Waals surface area (Å²) in [5.41, 5.74) is 8.71. The zero-order chi connectivity index (χ0) is 19.3. The van der Waals surface area contributed by atoms with Crippen molar-refractivity contribution >= 4 is 30.7 Å². The van der Waals surface area contributed by atoms with Gasteiger partial charge in [0.05, 0.1) is 0 Å². The Morgan fingerprint density at radius 1 is 0.900 bits per heavy atom. The fourth-order valence-corrected chi connectivity index (χ4v) is 4.81. The molecule has 6 heteroatoms. The number of halogens is 2. The van der Waals surface area contributed by atoms with Crippen LogP contribution in [0.5, 0.6) is 0 Å². The number of carbonyl (C=O) groups excluding carboxylic acids is 1. The lowest BCUT2D eigenvalue weighted by molar-refractivity contribution is -0.136. The number of hydrogen-bond acceptors (Lipinski definition) is 3. The topological polar surface area (TPSA) is 49.6 Å². The van der Waals surface area contributed by atoms with Crippen LogP contribution in [0.3, 0.4) is 0 Å². The molecule has 2 aliphatic rings. The molecule has 2 aliphatic heterocycles. The molecule has 2 atom stereocenters. The van der Waals surface area contributed by atoms with E-state index in [1.54, 1.807) is 0 Å². The van der Waals surface area contributed by atoms with Gasteiger partial charge in [0.2, 0.25) is 5.91 Å². The minimum Gasteiger partial charge on any atom is -0.341 e. The number of benzene rings is 2. The van der Waals surface area contributed by atoms with Crippen molar-refractivity contribution < 1.29 is 4.79 Å². The fourth-order valence-electron chi connectivity index (χ4n) is 4.81. The summed E-state index contributed by atoms with van der Waals surface area (Å²) in [5.74, 6) is 1.24. The van der Waals surface area contributed by atoms with E-state index in [1.807, 2.05) is 6.07 Å². The second-order valence-corrected chi connectivity index (χ2v) is 8.29. The third-order valence-corrected chi connectivity index (χ3v) is 6.47. The maximum Gasteiger partial charge on any atom is 0.225 e. The molecule has 0 aliphatic carbocycles. The maximum absolute atomic E-state index is 13.2. The molecule has 1 amide bonds. The van der Waals surface area contributed by atoms with Crippen molar-refractivity contribution in [3.63, 3.8) is 0 Å². The van der Waals surface area contributed by atoms with E-state index in [-0.39, 0.29) is 30.7 Å². The highest BCUT2D eigenvalue weighted by Crippen LogP contribution is 2.34. The van der Waals surface area contributed by atoms with Crippen molar-refractivity contribution in [3.05, 3.63) is 71.8 Å². The van der Waals surface area contributed by atoms with E-state index in [1.165, 1.54) is 11.1 Å². The first kappa shape index (κ1) is 24.7. The molecule has 0 aromatic heterocycles. The average Bonchev–Trinajstić information content (AvgIpc) is 3.20. The molecule has 0 bridgehead atoms. The van der Waals surface area contributed by atoms with Crippen LogP contribution in [0.4, 0.5) is 0 Å². The molecule has 164 valence electrons. The predicted octanol–water partition coefficient (Wildman–Crippen LogP) is 3.94. The number of nitrogens with two attached hydrogens (primary N) is 1. The van der Waals surface area contributed by atoms with E-state index in [0.29, 0.717) is 24.3 Å². The van der Waals surface area contributed by atoms with Crippen molar-refractivity contribution in [2.24, 2.45) is 17.6 Å². The van der Waals surface area contributed by atoms with Crippen molar-refractivity contribution in [2.75, 3.05) is 32.7 Å². The van der Waals surface area contributed by atoms with E-state index < -0.39 is 0 Å². The van der Waals surface area contributed by atoms with Crippen LogP contribution in [0, 0.1) is 11.8 Å². The lowest BCUT2D eigenvalue weighted by Crippen LogP contribution is -2.41. The van der Waals surface area contributed by atoms with Gasteiger partial charge in [0.15, 0.2) is 0 Å². The van der Waals surface area contributed by atoms with Gasteiger partial charge < -0.3 is 10.6 Å².